The number of hydrogen-bond acceptors (Lipinski definition) is 4. The zero-order valence-corrected chi connectivity index (χ0v) is 6.22. The Morgan fingerprint density at radius 1 is 1.11 bits per heavy atom. The minimum atomic E-state index is 0.126. The Morgan fingerprint density at radius 2 is 1.56 bits per heavy atom. The molecule has 4 heteroatoms. The topological polar surface area (TPSA) is 43.7 Å². The van der Waals surface area contributed by atoms with Gasteiger partial charge in [0.05, 0.1) is 13.2 Å². The molecule has 0 aromatic carbocycles. The summed E-state index contributed by atoms with van der Waals surface area (Å²) in [6, 6.07) is 0. The molecule has 0 radical (unpaired) electrons. The number of aliphatic hydroxyl groups excluding tert-OH is 2. The first-order chi connectivity index (χ1) is 4.35. The molecule has 0 fully saturated rings. The quantitative estimate of drug-likeness (QED) is 0.354. The number of thiol groups is 1. The van der Waals surface area contributed by atoms with Crippen LogP contribution in [0.25, 0.3) is 0 Å². The standard InChI is InChI=1S/C5H13NO2S/c7-3-1-6(5-9)2-4-8/h7-9H,1-5H2. The molecule has 0 unspecified atom stereocenters. The van der Waals surface area contributed by atoms with Crippen LogP contribution in [0.2, 0.25) is 0 Å². The number of nitrogens with zero attached hydrogens (tertiary/aromatic N) is 1. The zero-order chi connectivity index (χ0) is 7.11. The van der Waals surface area contributed by atoms with Gasteiger partial charge in [-0.1, -0.05) is 0 Å². The maximum Gasteiger partial charge on any atom is 0.0558 e. The summed E-state index contributed by atoms with van der Waals surface area (Å²) >= 11 is 3.99. The highest BCUT2D eigenvalue weighted by Gasteiger charge is 1.97. The van der Waals surface area contributed by atoms with E-state index in [2.05, 4.69) is 12.6 Å². The lowest BCUT2D eigenvalue weighted by molar-refractivity contribution is 0.179. The van der Waals surface area contributed by atoms with Gasteiger partial charge in [0.2, 0.25) is 0 Å². The van der Waals surface area contributed by atoms with Crippen LogP contribution in [-0.2, 0) is 0 Å². The summed E-state index contributed by atoms with van der Waals surface area (Å²) in [5, 5.41) is 16.9. The Bertz CT molecular complexity index is 56.9. The van der Waals surface area contributed by atoms with Crippen molar-refractivity contribution >= 4 is 12.6 Å². The van der Waals surface area contributed by atoms with Crippen molar-refractivity contribution in [1.29, 1.82) is 0 Å². The first-order valence-electron chi connectivity index (χ1n) is 2.90. The summed E-state index contributed by atoms with van der Waals surface area (Å²) in [5.74, 6) is 0.584. The Kier molecular flexibility index (Phi) is 6.51. The van der Waals surface area contributed by atoms with Crippen LogP contribution in [0, 0.1) is 0 Å². The van der Waals surface area contributed by atoms with Gasteiger partial charge < -0.3 is 10.2 Å². The minimum Gasteiger partial charge on any atom is -0.395 e. The van der Waals surface area contributed by atoms with Crippen LogP contribution in [0.5, 0.6) is 0 Å². The van der Waals surface area contributed by atoms with Crippen molar-refractivity contribution in [3.05, 3.63) is 0 Å². The van der Waals surface area contributed by atoms with E-state index in [1.807, 2.05) is 4.90 Å². The summed E-state index contributed by atoms with van der Waals surface area (Å²) in [7, 11) is 0. The van der Waals surface area contributed by atoms with E-state index in [9.17, 15) is 0 Å². The van der Waals surface area contributed by atoms with Crippen molar-refractivity contribution < 1.29 is 10.2 Å². The first kappa shape index (κ1) is 9.23. The molecular weight excluding hydrogens is 138 g/mol. The summed E-state index contributed by atoms with van der Waals surface area (Å²) in [6.07, 6.45) is 0. The molecule has 2 N–H and O–H groups in total. The van der Waals surface area contributed by atoms with Gasteiger partial charge in [-0.15, -0.1) is 0 Å². The second-order valence-corrected chi connectivity index (χ2v) is 1.99. The van der Waals surface area contributed by atoms with E-state index in [0.29, 0.717) is 19.0 Å². The second-order valence-electron chi connectivity index (χ2n) is 1.71. The Hall–Kier alpha value is 0.230. The molecule has 0 aliphatic heterocycles. The summed E-state index contributed by atoms with van der Waals surface area (Å²) in [6.45, 7) is 1.43. The number of hydrogen-bond donors (Lipinski definition) is 3. The molecular formula is C5H13NO2S. The molecule has 0 atom stereocenters. The third-order valence-corrected chi connectivity index (χ3v) is 1.43. The zero-order valence-electron chi connectivity index (χ0n) is 5.32. The van der Waals surface area contributed by atoms with Gasteiger partial charge in [0, 0.05) is 19.0 Å². The van der Waals surface area contributed by atoms with E-state index in [1.165, 1.54) is 0 Å². The molecule has 3 nitrogen and oxygen atoms in total. The highest BCUT2D eigenvalue weighted by molar-refractivity contribution is 7.80. The van der Waals surface area contributed by atoms with Crippen LogP contribution >= 0.6 is 12.6 Å². The molecule has 56 valence electrons. The maximum atomic E-state index is 8.44. The first-order valence-corrected chi connectivity index (χ1v) is 3.53. The molecule has 0 aromatic rings. The van der Waals surface area contributed by atoms with Crippen molar-refractivity contribution in [3.63, 3.8) is 0 Å². The SMILES string of the molecule is OCCN(CS)CCO. The molecule has 0 aromatic heterocycles. The fraction of sp³-hybridized carbons (Fsp3) is 1.00. The molecule has 9 heavy (non-hydrogen) atoms. The lowest BCUT2D eigenvalue weighted by Crippen LogP contribution is -2.28. The highest BCUT2D eigenvalue weighted by atomic mass is 32.1. The van der Waals surface area contributed by atoms with Gasteiger partial charge in [0.25, 0.3) is 0 Å². The third-order valence-electron chi connectivity index (χ3n) is 1.03. The molecule has 0 spiro atoms. The molecule has 0 bridgehead atoms. The van der Waals surface area contributed by atoms with Crippen LogP contribution in [0.15, 0.2) is 0 Å². The Balaban J connectivity index is 3.18. The molecule has 0 rings (SSSR count). The van der Waals surface area contributed by atoms with Crippen molar-refractivity contribution in [2.24, 2.45) is 0 Å². The minimum absolute atomic E-state index is 0.126. The summed E-state index contributed by atoms with van der Waals surface area (Å²) in [4.78, 5) is 1.85. The van der Waals surface area contributed by atoms with Crippen LogP contribution in [0.4, 0.5) is 0 Å². The lowest BCUT2D eigenvalue weighted by atomic mass is 10.5. The van der Waals surface area contributed by atoms with Gasteiger partial charge in [0.1, 0.15) is 0 Å². The molecule has 0 saturated heterocycles. The molecule has 0 heterocycles. The van der Waals surface area contributed by atoms with Gasteiger partial charge in [-0.05, 0) is 0 Å². The van der Waals surface area contributed by atoms with Crippen molar-refractivity contribution in [3.8, 4) is 0 Å². The van der Waals surface area contributed by atoms with Gasteiger partial charge in [0.15, 0.2) is 0 Å². The lowest BCUT2D eigenvalue weighted by Gasteiger charge is -2.15. The normalized spacial score (nSPS) is 10.7. The van der Waals surface area contributed by atoms with Crippen LogP contribution < -0.4 is 0 Å². The van der Waals surface area contributed by atoms with Crippen molar-refractivity contribution in [1.82, 2.24) is 4.90 Å². The highest BCUT2D eigenvalue weighted by Crippen LogP contribution is 1.87. The van der Waals surface area contributed by atoms with Gasteiger partial charge >= 0.3 is 0 Å². The van der Waals surface area contributed by atoms with Gasteiger partial charge in [-0.2, -0.15) is 12.6 Å². The fourth-order valence-electron chi connectivity index (χ4n) is 0.536. The third kappa shape index (κ3) is 4.72. The predicted octanol–water partition coefficient (Wildman–Crippen LogP) is -0.840. The fourth-order valence-corrected chi connectivity index (χ4v) is 0.819. The van der Waals surface area contributed by atoms with Gasteiger partial charge in [-0.3, -0.25) is 4.90 Å². The summed E-state index contributed by atoms with van der Waals surface area (Å²) < 4.78 is 0. The molecule has 0 aliphatic carbocycles. The van der Waals surface area contributed by atoms with E-state index in [-0.39, 0.29) is 13.2 Å². The van der Waals surface area contributed by atoms with Crippen LogP contribution in [0.1, 0.15) is 0 Å². The van der Waals surface area contributed by atoms with E-state index in [1.54, 1.807) is 0 Å². The second kappa shape index (κ2) is 6.35. The number of rotatable bonds is 5. The average Bonchev–Trinajstić information content (AvgIpc) is 1.88. The smallest absolute Gasteiger partial charge is 0.0558 e. The largest absolute Gasteiger partial charge is 0.395 e. The van der Waals surface area contributed by atoms with E-state index < -0.39 is 0 Å². The van der Waals surface area contributed by atoms with Crippen LogP contribution in [0.3, 0.4) is 0 Å². The monoisotopic (exact) mass is 151 g/mol. The Morgan fingerprint density at radius 3 is 1.78 bits per heavy atom. The molecule has 0 aliphatic rings. The average molecular weight is 151 g/mol. The van der Waals surface area contributed by atoms with E-state index >= 15 is 0 Å². The predicted molar refractivity (Wildman–Crippen MR) is 39.6 cm³/mol. The van der Waals surface area contributed by atoms with E-state index in [0.717, 1.165) is 0 Å². The van der Waals surface area contributed by atoms with E-state index in [4.69, 9.17) is 10.2 Å². The summed E-state index contributed by atoms with van der Waals surface area (Å²) in [5.41, 5.74) is 0. The molecule has 0 amide bonds. The molecule has 0 saturated carbocycles. The van der Waals surface area contributed by atoms with Crippen molar-refractivity contribution in [2.45, 2.75) is 0 Å². The Labute approximate surface area is 60.7 Å². The van der Waals surface area contributed by atoms with Crippen LogP contribution in [-0.4, -0.2) is 47.3 Å². The van der Waals surface area contributed by atoms with Crippen molar-refractivity contribution in [2.75, 3.05) is 32.2 Å². The maximum absolute atomic E-state index is 8.44. The van der Waals surface area contributed by atoms with Gasteiger partial charge in [-0.25, -0.2) is 0 Å². The number of aliphatic hydroxyl groups is 2.